The Morgan fingerprint density at radius 1 is 1.56 bits per heavy atom. The molecule has 0 radical (unpaired) electrons. The third-order valence-corrected chi connectivity index (χ3v) is 3.30. The van der Waals surface area contributed by atoms with Gasteiger partial charge in [-0.25, -0.2) is 0 Å². The maximum Gasteiger partial charge on any atom is 0.221 e. The van der Waals surface area contributed by atoms with Crippen LogP contribution in [0.15, 0.2) is 28.7 Å². The van der Waals surface area contributed by atoms with Crippen LogP contribution < -0.4 is 10.6 Å². The van der Waals surface area contributed by atoms with E-state index in [2.05, 4.69) is 26.6 Å². The quantitative estimate of drug-likeness (QED) is 0.884. The third kappa shape index (κ3) is 4.40. The summed E-state index contributed by atoms with van der Waals surface area (Å²) in [4.78, 5) is 11.8. The number of ether oxygens (including phenoxy) is 1. The molecule has 1 aromatic rings. The number of hydrogen-bond acceptors (Lipinski definition) is 3. The summed E-state index contributed by atoms with van der Waals surface area (Å²) in [7, 11) is 0. The van der Waals surface area contributed by atoms with Crippen LogP contribution >= 0.6 is 15.9 Å². The van der Waals surface area contributed by atoms with Crippen LogP contribution in [-0.4, -0.2) is 31.7 Å². The Morgan fingerprint density at radius 2 is 2.44 bits per heavy atom. The van der Waals surface area contributed by atoms with Gasteiger partial charge >= 0.3 is 0 Å². The number of amides is 1. The minimum absolute atomic E-state index is 0.0537. The largest absolute Gasteiger partial charge is 0.378 e. The van der Waals surface area contributed by atoms with Crippen LogP contribution in [0.25, 0.3) is 0 Å². The predicted octanol–water partition coefficient (Wildman–Crippen LogP) is 1.44. The molecule has 1 atom stereocenters. The maximum absolute atomic E-state index is 11.8. The van der Waals surface area contributed by atoms with E-state index in [0.29, 0.717) is 19.6 Å². The fraction of sp³-hybridized carbons (Fsp3) is 0.462. The lowest BCUT2D eigenvalue weighted by Gasteiger charge is -2.23. The second kappa shape index (κ2) is 6.87. The van der Waals surface area contributed by atoms with Crippen LogP contribution in [0.3, 0.4) is 0 Å². The third-order valence-electron chi connectivity index (χ3n) is 2.81. The Hall–Kier alpha value is -0.910. The van der Waals surface area contributed by atoms with Crippen molar-refractivity contribution < 1.29 is 9.53 Å². The first-order valence-corrected chi connectivity index (χ1v) is 6.85. The van der Waals surface area contributed by atoms with Gasteiger partial charge in [-0.1, -0.05) is 28.1 Å². The Balaban J connectivity index is 1.74. The van der Waals surface area contributed by atoms with E-state index >= 15 is 0 Å². The molecule has 0 spiro atoms. The molecule has 0 aliphatic carbocycles. The topological polar surface area (TPSA) is 50.4 Å². The van der Waals surface area contributed by atoms with Gasteiger partial charge in [0.05, 0.1) is 13.2 Å². The molecule has 1 aliphatic heterocycles. The lowest BCUT2D eigenvalue weighted by atomic mass is 10.2. The second-order valence-electron chi connectivity index (χ2n) is 4.34. The van der Waals surface area contributed by atoms with Crippen molar-refractivity contribution in [2.45, 2.75) is 19.0 Å². The summed E-state index contributed by atoms with van der Waals surface area (Å²) in [6.45, 7) is 2.73. The molecular formula is C13H17BrN2O2. The molecule has 0 bridgehead atoms. The molecule has 0 aromatic heterocycles. The summed E-state index contributed by atoms with van der Waals surface area (Å²) in [6.07, 6.45) is 0.466. The van der Waals surface area contributed by atoms with E-state index in [-0.39, 0.29) is 11.9 Å². The van der Waals surface area contributed by atoms with Crippen LogP contribution in [-0.2, 0) is 16.1 Å². The van der Waals surface area contributed by atoms with E-state index in [9.17, 15) is 4.79 Å². The molecular weight excluding hydrogens is 296 g/mol. The standard InChI is InChI=1S/C13H17BrN2O2/c14-11-3-1-2-10(6-11)8-16-13(17)7-12-9-18-5-4-15-12/h1-3,6,12,15H,4-5,7-9H2,(H,16,17). The lowest BCUT2D eigenvalue weighted by molar-refractivity contribution is -0.122. The van der Waals surface area contributed by atoms with Crippen molar-refractivity contribution in [1.82, 2.24) is 10.6 Å². The first-order chi connectivity index (χ1) is 8.74. The zero-order valence-corrected chi connectivity index (χ0v) is 11.7. The Morgan fingerprint density at radius 3 is 3.17 bits per heavy atom. The van der Waals surface area contributed by atoms with Gasteiger partial charge in [-0.05, 0) is 17.7 Å². The van der Waals surface area contributed by atoms with E-state index in [1.807, 2.05) is 24.3 Å². The van der Waals surface area contributed by atoms with E-state index in [4.69, 9.17) is 4.74 Å². The normalized spacial score (nSPS) is 19.5. The van der Waals surface area contributed by atoms with E-state index < -0.39 is 0 Å². The maximum atomic E-state index is 11.8. The molecule has 1 aliphatic rings. The zero-order chi connectivity index (χ0) is 12.8. The average Bonchev–Trinajstić information content (AvgIpc) is 2.38. The van der Waals surface area contributed by atoms with Crippen LogP contribution in [0.4, 0.5) is 0 Å². The minimum Gasteiger partial charge on any atom is -0.378 e. The molecule has 0 saturated carbocycles. The van der Waals surface area contributed by atoms with Crippen molar-refractivity contribution in [2.75, 3.05) is 19.8 Å². The molecule has 4 nitrogen and oxygen atoms in total. The van der Waals surface area contributed by atoms with Gasteiger partial charge in [0.25, 0.3) is 0 Å². The summed E-state index contributed by atoms with van der Waals surface area (Å²) in [5.74, 6) is 0.0537. The van der Waals surface area contributed by atoms with Crippen molar-refractivity contribution in [3.63, 3.8) is 0 Å². The highest BCUT2D eigenvalue weighted by atomic mass is 79.9. The van der Waals surface area contributed by atoms with Gasteiger partial charge in [0, 0.05) is 30.0 Å². The number of nitrogens with one attached hydrogen (secondary N) is 2. The Labute approximate surface area is 115 Å². The molecule has 1 amide bonds. The van der Waals surface area contributed by atoms with E-state index in [0.717, 1.165) is 23.2 Å². The van der Waals surface area contributed by atoms with Crippen LogP contribution in [0.5, 0.6) is 0 Å². The number of morpholine rings is 1. The highest BCUT2D eigenvalue weighted by Crippen LogP contribution is 2.11. The summed E-state index contributed by atoms with van der Waals surface area (Å²) in [6, 6.07) is 8.06. The number of carbonyl (C=O) groups excluding carboxylic acids is 1. The van der Waals surface area contributed by atoms with Crippen molar-refractivity contribution in [3.8, 4) is 0 Å². The summed E-state index contributed by atoms with van der Waals surface area (Å²) >= 11 is 3.41. The molecule has 18 heavy (non-hydrogen) atoms. The highest BCUT2D eigenvalue weighted by Gasteiger charge is 2.16. The van der Waals surface area contributed by atoms with Gasteiger partial charge in [0.2, 0.25) is 5.91 Å². The molecule has 1 unspecified atom stereocenters. The molecule has 1 fully saturated rings. The summed E-state index contributed by atoms with van der Waals surface area (Å²) in [5, 5.41) is 6.18. The molecule has 1 aromatic carbocycles. The Kier molecular flexibility index (Phi) is 5.16. The molecule has 98 valence electrons. The molecule has 2 rings (SSSR count). The zero-order valence-electron chi connectivity index (χ0n) is 10.1. The van der Waals surface area contributed by atoms with E-state index in [1.165, 1.54) is 0 Å². The molecule has 1 saturated heterocycles. The van der Waals surface area contributed by atoms with Crippen LogP contribution in [0.1, 0.15) is 12.0 Å². The van der Waals surface area contributed by atoms with Gasteiger partial charge in [0.1, 0.15) is 0 Å². The van der Waals surface area contributed by atoms with Gasteiger partial charge in [-0.3, -0.25) is 4.79 Å². The smallest absolute Gasteiger partial charge is 0.221 e. The van der Waals surface area contributed by atoms with Gasteiger partial charge in [-0.15, -0.1) is 0 Å². The van der Waals surface area contributed by atoms with Gasteiger partial charge in [-0.2, -0.15) is 0 Å². The lowest BCUT2D eigenvalue weighted by Crippen LogP contribution is -2.44. The Bertz CT molecular complexity index is 406. The van der Waals surface area contributed by atoms with Crippen molar-refractivity contribution in [3.05, 3.63) is 34.3 Å². The van der Waals surface area contributed by atoms with E-state index in [1.54, 1.807) is 0 Å². The SMILES string of the molecule is O=C(CC1COCCN1)NCc1cccc(Br)c1. The van der Waals surface area contributed by atoms with Crippen molar-refractivity contribution in [2.24, 2.45) is 0 Å². The molecule has 1 heterocycles. The number of halogens is 1. The average molecular weight is 313 g/mol. The molecule has 5 heteroatoms. The summed E-state index contributed by atoms with van der Waals surface area (Å²) in [5.41, 5.74) is 1.09. The second-order valence-corrected chi connectivity index (χ2v) is 5.25. The minimum atomic E-state index is 0.0537. The summed E-state index contributed by atoms with van der Waals surface area (Å²) < 4.78 is 6.34. The monoisotopic (exact) mass is 312 g/mol. The first kappa shape index (κ1) is 13.5. The first-order valence-electron chi connectivity index (χ1n) is 6.06. The van der Waals surface area contributed by atoms with Gasteiger partial charge < -0.3 is 15.4 Å². The van der Waals surface area contributed by atoms with Crippen LogP contribution in [0, 0.1) is 0 Å². The fourth-order valence-corrected chi connectivity index (χ4v) is 2.34. The number of rotatable bonds is 4. The molecule has 2 N–H and O–H groups in total. The number of carbonyl (C=O) groups is 1. The number of benzene rings is 1. The van der Waals surface area contributed by atoms with Crippen molar-refractivity contribution in [1.29, 1.82) is 0 Å². The number of hydrogen-bond donors (Lipinski definition) is 2. The van der Waals surface area contributed by atoms with Gasteiger partial charge in [0.15, 0.2) is 0 Å². The van der Waals surface area contributed by atoms with Crippen LogP contribution in [0.2, 0.25) is 0 Å². The highest BCUT2D eigenvalue weighted by molar-refractivity contribution is 9.10. The van der Waals surface area contributed by atoms with Crippen molar-refractivity contribution >= 4 is 21.8 Å². The predicted molar refractivity (Wildman–Crippen MR) is 73.2 cm³/mol. The fourth-order valence-electron chi connectivity index (χ4n) is 1.89.